The molecule has 7 heteroatoms. The maximum Gasteiger partial charge on any atom is 0.339 e. The molecule has 2 aliphatic rings. The third-order valence-corrected chi connectivity index (χ3v) is 7.42. The maximum absolute atomic E-state index is 13.4. The summed E-state index contributed by atoms with van der Waals surface area (Å²) in [5.74, 6) is 1.97. The SMILES string of the molecule is COc1cc2c(N=C(c3ccccc3)c3ccccc3)c3c(c(-c4ccc5c(c4)OCO5)c2cc1OC)C(=O)OC3. The van der Waals surface area contributed by atoms with Gasteiger partial charge in [-0.1, -0.05) is 66.7 Å². The van der Waals surface area contributed by atoms with Crippen molar-refractivity contribution in [2.75, 3.05) is 21.0 Å². The number of benzene rings is 5. The molecule has 7 rings (SSSR count). The first-order chi connectivity index (χ1) is 20.2. The van der Waals surface area contributed by atoms with Crippen LogP contribution < -0.4 is 18.9 Å². The van der Waals surface area contributed by atoms with Gasteiger partial charge in [-0.25, -0.2) is 9.79 Å². The fourth-order valence-electron chi connectivity index (χ4n) is 5.50. The highest BCUT2D eigenvalue weighted by molar-refractivity contribution is 6.19. The number of methoxy groups -OCH3 is 2. The van der Waals surface area contributed by atoms with Crippen molar-refractivity contribution in [2.45, 2.75) is 6.61 Å². The second kappa shape index (κ2) is 10.0. The van der Waals surface area contributed by atoms with Gasteiger partial charge in [-0.05, 0) is 35.2 Å². The zero-order valence-electron chi connectivity index (χ0n) is 22.5. The van der Waals surface area contributed by atoms with E-state index in [1.807, 2.05) is 91.0 Å². The summed E-state index contributed by atoms with van der Waals surface area (Å²) in [7, 11) is 3.19. The molecule has 0 aliphatic carbocycles. The number of ether oxygens (including phenoxy) is 5. The minimum Gasteiger partial charge on any atom is -0.493 e. The Kier molecular flexibility index (Phi) is 6.04. The summed E-state index contributed by atoms with van der Waals surface area (Å²) in [6.45, 7) is 0.256. The molecule has 5 aromatic rings. The minimum absolute atomic E-state index is 0.103. The van der Waals surface area contributed by atoms with Crippen LogP contribution in [0.2, 0.25) is 0 Å². The van der Waals surface area contributed by atoms with Crippen LogP contribution in [0.3, 0.4) is 0 Å². The third-order valence-electron chi connectivity index (χ3n) is 7.42. The second-order valence-electron chi connectivity index (χ2n) is 9.67. The molecule has 0 amide bonds. The molecule has 0 radical (unpaired) electrons. The minimum atomic E-state index is -0.401. The summed E-state index contributed by atoms with van der Waals surface area (Å²) >= 11 is 0. The third kappa shape index (κ3) is 4.14. The highest BCUT2D eigenvalue weighted by Crippen LogP contribution is 2.49. The van der Waals surface area contributed by atoms with Crippen molar-refractivity contribution in [1.82, 2.24) is 0 Å². The van der Waals surface area contributed by atoms with Crippen LogP contribution in [0.5, 0.6) is 23.0 Å². The molecule has 5 aromatic carbocycles. The van der Waals surface area contributed by atoms with Crippen molar-refractivity contribution in [3.8, 4) is 34.1 Å². The lowest BCUT2D eigenvalue weighted by molar-refractivity contribution is 0.0536. The molecular weight excluding hydrogens is 518 g/mol. The van der Waals surface area contributed by atoms with E-state index in [-0.39, 0.29) is 13.4 Å². The standard InChI is InChI=1S/C34H25NO6/c1-37-27-16-23-24(17-28(27)38-2)33(35-32(20-9-5-3-6-10-20)21-11-7-4-8-12-21)25-18-39-34(36)31(25)30(23)22-13-14-26-29(15-22)41-19-40-26/h3-17H,18-19H2,1-2H3. The molecule has 7 nitrogen and oxygen atoms in total. The van der Waals surface area contributed by atoms with Gasteiger partial charge in [0.05, 0.1) is 31.2 Å². The monoisotopic (exact) mass is 543 g/mol. The molecule has 0 fully saturated rings. The summed E-state index contributed by atoms with van der Waals surface area (Å²) < 4.78 is 28.3. The van der Waals surface area contributed by atoms with E-state index >= 15 is 0 Å². The molecule has 41 heavy (non-hydrogen) atoms. The molecular formula is C34H25NO6. The molecule has 0 bridgehead atoms. The van der Waals surface area contributed by atoms with Gasteiger partial charge in [0.2, 0.25) is 6.79 Å². The normalized spacial score (nSPS) is 13.1. The largest absolute Gasteiger partial charge is 0.493 e. The van der Waals surface area contributed by atoms with Crippen LogP contribution in [0.25, 0.3) is 21.9 Å². The van der Waals surface area contributed by atoms with E-state index in [0.717, 1.165) is 38.7 Å². The van der Waals surface area contributed by atoms with Gasteiger partial charge in [0, 0.05) is 27.6 Å². The number of hydrogen-bond acceptors (Lipinski definition) is 7. The first-order valence-corrected chi connectivity index (χ1v) is 13.2. The summed E-state index contributed by atoms with van der Waals surface area (Å²) in [5, 5.41) is 1.58. The molecule has 0 unspecified atom stereocenters. The van der Waals surface area contributed by atoms with Crippen molar-refractivity contribution < 1.29 is 28.5 Å². The van der Waals surface area contributed by atoms with Gasteiger partial charge in [-0.3, -0.25) is 0 Å². The fourth-order valence-corrected chi connectivity index (χ4v) is 5.50. The van der Waals surface area contributed by atoms with Crippen molar-refractivity contribution in [2.24, 2.45) is 4.99 Å². The van der Waals surface area contributed by atoms with Gasteiger partial charge in [-0.2, -0.15) is 0 Å². The number of esters is 1. The summed E-state index contributed by atoms with van der Waals surface area (Å²) in [6, 6.07) is 29.5. The predicted molar refractivity (Wildman–Crippen MR) is 156 cm³/mol. The number of nitrogens with zero attached hydrogens (tertiary/aromatic N) is 1. The number of carbonyl (C=O) groups excluding carboxylic acids is 1. The molecule has 0 saturated carbocycles. The lowest BCUT2D eigenvalue weighted by atomic mass is 9.88. The number of fused-ring (bicyclic) bond motifs is 3. The van der Waals surface area contributed by atoms with E-state index in [1.165, 1.54) is 0 Å². The van der Waals surface area contributed by atoms with E-state index in [0.29, 0.717) is 39.8 Å². The van der Waals surface area contributed by atoms with Crippen LogP contribution in [0, 0.1) is 0 Å². The number of cyclic esters (lactones) is 1. The highest BCUT2D eigenvalue weighted by Gasteiger charge is 2.33. The maximum atomic E-state index is 13.4. The van der Waals surface area contributed by atoms with E-state index in [4.69, 9.17) is 28.7 Å². The van der Waals surface area contributed by atoms with Gasteiger partial charge >= 0.3 is 5.97 Å². The molecule has 0 N–H and O–H groups in total. The van der Waals surface area contributed by atoms with Gasteiger partial charge in [-0.15, -0.1) is 0 Å². The first-order valence-electron chi connectivity index (χ1n) is 13.2. The van der Waals surface area contributed by atoms with Gasteiger partial charge < -0.3 is 23.7 Å². The number of rotatable bonds is 6. The number of carbonyl (C=O) groups is 1. The van der Waals surface area contributed by atoms with Crippen LogP contribution >= 0.6 is 0 Å². The van der Waals surface area contributed by atoms with E-state index in [1.54, 1.807) is 14.2 Å². The van der Waals surface area contributed by atoms with Gasteiger partial charge in [0.1, 0.15) is 6.61 Å². The van der Waals surface area contributed by atoms with Crippen LogP contribution in [-0.2, 0) is 11.3 Å². The molecule has 202 valence electrons. The summed E-state index contributed by atoms with van der Waals surface area (Å²) in [6.07, 6.45) is 0. The lowest BCUT2D eigenvalue weighted by Crippen LogP contribution is -2.04. The Morgan fingerprint density at radius 1 is 0.707 bits per heavy atom. The zero-order valence-corrected chi connectivity index (χ0v) is 22.5. The Bertz CT molecular complexity index is 1810. The molecule has 0 spiro atoms. The Morgan fingerprint density at radius 2 is 1.34 bits per heavy atom. The zero-order chi connectivity index (χ0) is 27.9. The Balaban J connectivity index is 1.60. The number of hydrogen-bond donors (Lipinski definition) is 0. The summed E-state index contributed by atoms with van der Waals surface area (Å²) in [5.41, 5.74) is 6.03. The summed E-state index contributed by atoms with van der Waals surface area (Å²) in [4.78, 5) is 18.7. The smallest absolute Gasteiger partial charge is 0.339 e. The van der Waals surface area contributed by atoms with Crippen molar-refractivity contribution in [3.05, 3.63) is 113 Å². The number of aliphatic imine (C=N–C) groups is 1. The van der Waals surface area contributed by atoms with Crippen molar-refractivity contribution >= 4 is 28.1 Å². The van der Waals surface area contributed by atoms with Gasteiger partial charge in [0.15, 0.2) is 23.0 Å². The highest BCUT2D eigenvalue weighted by atomic mass is 16.7. The lowest BCUT2D eigenvalue weighted by Gasteiger charge is -2.18. The Labute approximate surface area is 236 Å². The second-order valence-corrected chi connectivity index (χ2v) is 9.67. The van der Waals surface area contributed by atoms with E-state index < -0.39 is 5.97 Å². The van der Waals surface area contributed by atoms with E-state index in [2.05, 4.69) is 0 Å². The molecule has 0 aromatic heterocycles. The van der Waals surface area contributed by atoms with Crippen LogP contribution in [0.4, 0.5) is 5.69 Å². The van der Waals surface area contributed by atoms with Crippen molar-refractivity contribution in [3.63, 3.8) is 0 Å². The molecule has 2 heterocycles. The predicted octanol–water partition coefficient (Wildman–Crippen LogP) is 7.09. The first kappa shape index (κ1) is 24.7. The quantitative estimate of drug-likeness (QED) is 0.168. The van der Waals surface area contributed by atoms with E-state index in [9.17, 15) is 4.79 Å². The van der Waals surface area contributed by atoms with Crippen LogP contribution in [-0.4, -0.2) is 32.7 Å². The average molecular weight is 544 g/mol. The Morgan fingerprint density at radius 3 is 2.00 bits per heavy atom. The Hall–Kier alpha value is -5.30. The topological polar surface area (TPSA) is 75.6 Å². The molecule has 0 atom stereocenters. The van der Waals surface area contributed by atoms with Crippen LogP contribution in [0.15, 0.2) is 96.0 Å². The fraction of sp³-hybridized carbons (Fsp3) is 0.118. The van der Waals surface area contributed by atoms with Crippen LogP contribution in [0.1, 0.15) is 27.0 Å². The average Bonchev–Trinajstić information content (AvgIpc) is 3.65. The molecule has 2 aliphatic heterocycles. The van der Waals surface area contributed by atoms with Gasteiger partial charge in [0.25, 0.3) is 0 Å². The van der Waals surface area contributed by atoms with Crippen molar-refractivity contribution in [1.29, 1.82) is 0 Å². The molecule has 0 saturated heterocycles.